The molecule has 1 N–H and O–H groups in total. The highest BCUT2D eigenvalue weighted by Gasteiger charge is 2.06. The summed E-state index contributed by atoms with van der Waals surface area (Å²) in [5.41, 5.74) is 0.925. The van der Waals surface area contributed by atoms with Crippen molar-refractivity contribution in [2.75, 3.05) is 0 Å². The summed E-state index contributed by atoms with van der Waals surface area (Å²) in [6.45, 7) is 5.14. The van der Waals surface area contributed by atoms with Crippen LogP contribution in [-0.2, 0) is 6.54 Å². The fourth-order valence-corrected chi connectivity index (χ4v) is 2.39. The lowest BCUT2D eigenvalue weighted by molar-refractivity contribution is 0.593. The topological polar surface area (TPSA) is 37.8 Å². The zero-order valence-corrected chi connectivity index (χ0v) is 12.2. The van der Waals surface area contributed by atoms with Crippen molar-refractivity contribution in [3.63, 3.8) is 0 Å². The van der Waals surface area contributed by atoms with Gasteiger partial charge in [-0.1, -0.05) is 13.8 Å². The van der Waals surface area contributed by atoms with Crippen LogP contribution in [0, 0.1) is 0 Å². The molecule has 2 aromatic rings. The van der Waals surface area contributed by atoms with Crippen LogP contribution < -0.4 is 5.32 Å². The van der Waals surface area contributed by atoms with E-state index in [0.29, 0.717) is 6.04 Å². The van der Waals surface area contributed by atoms with Gasteiger partial charge in [-0.3, -0.25) is 4.98 Å². The quantitative estimate of drug-likeness (QED) is 0.939. The highest BCUT2D eigenvalue weighted by atomic mass is 79.9. The van der Waals surface area contributed by atoms with Crippen molar-refractivity contribution in [2.24, 2.45) is 0 Å². The number of hydrogen-bond acceptors (Lipinski definition) is 4. The van der Waals surface area contributed by atoms with Crippen LogP contribution in [0.1, 0.15) is 18.7 Å². The van der Waals surface area contributed by atoms with Crippen LogP contribution in [0.3, 0.4) is 0 Å². The van der Waals surface area contributed by atoms with Crippen LogP contribution in [0.2, 0.25) is 0 Å². The molecule has 0 saturated carbocycles. The normalized spacial score (nSPS) is 11.1. The number of nitrogens with zero attached hydrogens (tertiary/aromatic N) is 2. The summed E-state index contributed by atoms with van der Waals surface area (Å²) in [6, 6.07) is 4.45. The summed E-state index contributed by atoms with van der Waals surface area (Å²) < 4.78 is 0.986. The number of rotatable bonds is 4. The van der Waals surface area contributed by atoms with Crippen molar-refractivity contribution < 1.29 is 0 Å². The van der Waals surface area contributed by atoms with E-state index in [0.717, 1.165) is 21.7 Å². The first-order chi connectivity index (χ1) is 8.15. The molecule has 3 nitrogen and oxygen atoms in total. The molecule has 0 atom stereocenters. The molecule has 0 spiro atoms. The molecule has 0 aliphatic carbocycles. The predicted octanol–water partition coefficient (Wildman–Crippen LogP) is 3.47. The van der Waals surface area contributed by atoms with Crippen LogP contribution >= 0.6 is 27.3 Å². The Morgan fingerprint density at radius 2 is 2.12 bits per heavy atom. The van der Waals surface area contributed by atoms with E-state index in [1.165, 1.54) is 4.88 Å². The van der Waals surface area contributed by atoms with E-state index >= 15 is 0 Å². The summed E-state index contributed by atoms with van der Waals surface area (Å²) in [5, 5.41) is 4.35. The van der Waals surface area contributed by atoms with Gasteiger partial charge in [0.2, 0.25) is 0 Å². The van der Waals surface area contributed by atoms with Crippen molar-refractivity contribution in [1.29, 1.82) is 0 Å². The second kappa shape index (κ2) is 5.71. The minimum atomic E-state index is 0.492. The minimum absolute atomic E-state index is 0.492. The molecule has 0 radical (unpaired) electrons. The second-order valence-electron chi connectivity index (χ2n) is 4.03. The molecule has 2 rings (SSSR count). The third-order valence-corrected chi connectivity index (χ3v) is 3.67. The molecule has 0 fully saturated rings. The molecule has 0 aliphatic heterocycles. The molecule has 2 aromatic heterocycles. The highest BCUT2D eigenvalue weighted by molar-refractivity contribution is 9.10. The first kappa shape index (κ1) is 12.7. The van der Waals surface area contributed by atoms with Gasteiger partial charge in [0.1, 0.15) is 5.01 Å². The van der Waals surface area contributed by atoms with E-state index in [1.54, 1.807) is 17.5 Å². The number of halogens is 1. The van der Waals surface area contributed by atoms with Gasteiger partial charge in [0.25, 0.3) is 0 Å². The number of nitrogens with one attached hydrogen (secondary N) is 1. The summed E-state index contributed by atoms with van der Waals surface area (Å²) in [5.74, 6) is 0. The molecule has 0 amide bonds. The molecule has 0 bridgehead atoms. The van der Waals surface area contributed by atoms with E-state index in [-0.39, 0.29) is 0 Å². The highest BCUT2D eigenvalue weighted by Crippen LogP contribution is 2.24. The fraction of sp³-hybridized carbons (Fsp3) is 0.333. The summed E-state index contributed by atoms with van der Waals surface area (Å²) in [7, 11) is 0. The SMILES string of the molecule is CC(C)NCc1cnc(-c2ccc(Br)cn2)s1. The van der Waals surface area contributed by atoms with Crippen molar-refractivity contribution in [3.8, 4) is 10.7 Å². The molecule has 2 heterocycles. The number of aromatic nitrogens is 2. The van der Waals surface area contributed by atoms with Crippen LogP contribution in [0.15, 0.2) is 29.0 Å². The van der Waals surface area contributed by atoms with Gasteiger partial charge in [-0.15, -0.1) is 11.3 Å². The lowest BCUT2D eigenvalue weighted by Gasteiger charge is -2.04. The maximum atomic E-state index is 4.39. The lowest BCUT2D eigenvalue weighted by atomic mass is 10.4. The predicted molar refractivity (Wildman–Crippen MR) is 75.0 cm³/mol. The van der Waals surface area contributed by atoms with E-state index in [4.69, 9.17) is 0 Å². The largest absolute Gasteiger partial charge is 0.310 e. The van der Waals surface area contributed by atoms with Gasteiger partial charge < -0.3 is 5.32 Å². The first-order valence-corrected chi connectivity index (χ1v) is 7.06. The molecular formula is C12H14BrN3S. The summed E-state index contributed by atoms with van der Waals surface area (Å²) in [6.07, 6.45) is 3.71. The monoisotopic (exact) mass is 311 g/mol. The molecular weight excluding hydrogens is 298 g/mol. The lowest BCUT2D eigenvalue weighted by Crippen LogP contribution is -2.21. The van der Waals surface area contributed by atoms with Crippen molar-refractivity contribution in [3.05, 3.63) is 33.9 Å². The van der Waals surface area contributed by atoms with Crippen LogP contribution in [0.5, 0.6) is 0 Å². The van der Waals surface area contributed by atoms with Crippen LogP contribution in [0.25, 0.3) is 10.7 Å². The molecule has 5 heteroatoms. The van der Waals surface area contributed by atoms with Crippen LogP contribution in [0.4, 0.5) is 0 Å². The average Bonchev–Trinajstić information content (AvgIpc) is 2.76. The Hall–Kier alpha value is -0.780. The minimum Gasteiger partial charge on any atom is -0.310 e. The van der Waals surface area contributed by atoms with Gasteiger partial charge in [0, 0.05) is 34.3 Å². The van der Waals surface area contributed by atoms with Gasteiger partial charge >= 0.3 is 0 Å². The van der Waals surface area contributed by atoms with Gasteiger partial charge in [0.15, 0.2) is 0 Å². The van der Waals surface area contributed by atoms with E-state index < -0.39 is 0 Å². The maximum Gasteiger partial charge on any atom is 0.142 e. The standard InChI is InChI=1S/C12H14BrN3S/c1-8(2)14-6-10-7-16-12(17-10)11-4-3-9(13)5-15-11/h3-5,7-8,14H,6H2,1-2H3. The van der Waals surface area contributed by atoms with Gasteiger partial charge in [-0.05, 0) is 28.1 Å². The van der Waals surface area contributed by atoms with Crippen molar-refractivity contribution in [1.82, 2.24) is 15.3 Å². The molecule has 0 unspecified atom stereocenters. The first-order valence-electron chi connectivity index (χ1n) is 5.45. The fourth-order valence-electron chi connectivity index (χ4n) is 1.31. The van der Waals surface area contributed by atoms with E-state index in [2.05, 4.69) is 45.1 Å². The molecule has 0 aliphatic rings. The second-order valence-corrected chi connectivity index (χ2v) is 6.06. The Labute approximate surface area is 113 Å². The maximum absolute atomic E-state index is 4.39. The van der Waals surface area contributed by atoms with Crippen molar-refractivity contribution in [2.45, 2.75) is 26.4 Å². The van der Waals surface area contributed by atoms with Crippen molar-refractivity contribution >= 4 is 27.3 Å². The zero-order chi connectivity index (χ0) is 12.3. The third kappa shape index (κ3) is 3.59. The van der Waals surface area contributed by atoms with Gasteiger partial charge in [-0.25, -0.2) is 4.98 Å². The molecule has 0 aromatic carbocycles. The van der Waals surface area contributed by atoms with Crippen LogP contribution in [-0.4, -0.2) is 16.0 Å². The Balaban J connectivity index is 2.10. The Kier molecular flexibility index (Phi) is 4.25. The number of thiazole rings is 1. The Bertz CT molecular complexity index is 479. The van der Waals surface area contributed by atoms with E-state index in [1.807, 2.05) is 18.3 Å². The Morgan fingerprint density at radius 1 is 1.29 bits per heavy atom. The smallest absolute Gasteiger partial charge is 0.142 e. The Morgan fingerprint density at radius 3 is 2.76 bits per heavy atom. The molecule has 0 saturated heterocycles. The third-order valence-electron chi connectivity index (χ3n) is 2.18. The summed E-state index contributed by atoms with van der Waals surface area (Å²) in [4.78, 5) is 9.97. The molecule has 90 valence electrons. The molecule has 17 heavy (non-hydrogen) atoms. The van der Waals surface area contributed by atoms with Gasteiger partial charge in [-0.2, -0.15) is 0 Å². The zero-order valence-electron chi connectivity index (χ0n) is 9.77. The van der Waals surface area contributed by atoms with E-state index in [9.17, 15) is 0 Å². The summed E-state index contributed by atoms with van der Waals surface area (Å²) >= 11 is 5.06. The number of hydrogen-bond donors (Lipinski definition) is 1. The average molecular weight is 312 g/mol. The number of pyridine rings is 1. The van der Waals surface area contributed by atoms with Gasteiger partial charge in [0.05, 0.1) is 5.69 Å².